The van der Waals surface area contributed by atoms with E-state index >= 15 is 0 Å². The maximum atomic E-state index is 10.0. The maximum absolute atomic E-state index is 10.0. The maximum Gasteiger partial charge on any atom is 0.292 e. The summed E-state index contributed by atoms with van der Waals surface area (Å²) >= 11 is 0. The monoisotopic (exact) mass is 236 g/mol. The molecule has 0 fully saturated rings. The van der Waals surface area contributed by atoms with Crippen molar-refractivity contribution in [2.75, 3.05) is 6.79 Å². The average Bonchev–Trinajstić information content (AvgIpc) is 2.72. The van der Waals surface area contributed by atoms with Gasteiger partial charge in [0.15, 0.2) is 16.5 Å². The molecule has 1 aliphatic rings. The van der Waals surface area contributed by atoms with Crippen LogP contribution in [-0.2, 0) is 0 Å². The molecule has 0 saturated carbocycles. The van der Waals surface area contributed by atoms with E-state index in [4.69, 9.17) is 15.2 Å². The molecular weight excluding hydrogens is 228 g/mol. The molecule has 0 saturated heterocycles. The zero-order valence-electron chi connectivity index (χ0n) is 8.57. The molecule has 88 valence electrons. The smallest absolute Gasteiger partial charge is 0.292 e. The standard InChI is InChI=1S/C9H8N4O4/c10-9(12-13(14)15)11-4-6-1-2-7-8(3-6)17-5-16-7/h1-4H,5H2,(H2,10,12). The Morgan fingerprint density at radius 2 is 2.24 bits per heavy atom. The molecule has 0 unspecified atom stereocenters. The number of benzene rings is 1. The van der Waals surface area contributed by atoms with Gasteiger partial charge >= 0.3 is 0 Å². The van der Waals surface area contributed by atoms with Crippen molar-refractivity contribution >= 4 is 12.2 Å². The lowest BCUT2D eigenvalue weighted by Crippen LogP contribution is -2.10. The molecule has 0 aromatic heterocycles. The SMILES string of the molecule is NC(N=Cc1ccc2c(c1)OCO2)=N[N+](=O)[O-]. The zero-order valence-corrected chi connectivity index (χ0v) is 8.57. The van der Waals surface area contributed by atoms with Crippen LogP contribution in [-0.4, -0.2) is 24.0 Å². The summed E-state index contributed by atoms with van der Waals surface area (Å²) in [7, 11) is 0. The summed E-state index contributed by atoms with van der Waals surface area (Å²) in [4.78, 5) is 13.6. The third-order valence-corrected chi connectivity index (χ3v) is 1.93. The lowest BCUT2D eigenvalue weighted by Gasteiger charge is -1.96. The van der Waals surface area contributed by atoms with Gasteiger partial charge in [-0.25, -0.2) is 15.1 Å². The Bertz CT molecular complexity index is 512. The molecule has 1 aliphatic heterocycles. The Morgan fingerprint density at radius 3 is 3.00 bits per heavy atom. The number of fused-ring (bicyclic) bond motifs is 1. The number of rotatable bonds is 2. The van der Waals surface area contributed by atoms with E-state index in [2.05, 4.69) is 10.1 Å². The summed E-state index contributed by atoms with van der Waals surface area (Å²) in [5, 5.41) is 11.9. The minimum Gasteiger partial charge on any atom is -0.454 e. The number of guanidine groups is 1. The lowest BCUT2D eigenvalue weighted by atomic mass is 10.2. The normalized spacial score (nSPS) is 14.2. The van der Waals surface area contributed by atoms with E-state index in [0.717, 1.165) is 0 Å². The first-order valence-corrected chi connectivity index (χ1v) is 4.57. The van der Waals surface area contributed by atoms with E-state index in [1.54, 1.807) is 18.2 Å². The molecule has 0 atom stereocenters. The van der Waals surface area contributed by atoms with Crippen molar-refractivity contribution in [2.24, 2.45) is 15.8 Å². The number of hydrogen-bond donors (Lipinski definition) is 1. The van der Waals surface area contributed by atoms with Crippen LogP contribution in [0.3, 0.4) is 0 Å². The molecule has 2 rings (SSSR count). The predicted molar refractivity (Wildman–Crippen MR) is 58.8 cm³/mol. The molecule has 0 amide bonds. The molecule has 2 N–H and O–H groups in total. The molecule has 1 heterocycles. The van der Waals surface area contributed by atoms with Gasteiger partial charge in [0.2, 0.25) is 6.79 Å². The summed E-state index contributed by atoms with van der Waals surface area (Å²) in [6.07, 6.45) is 1.35. The van der Waals surface area contributed by atoms with E-state index in [9.17, 15) is 10.1 Å². The fourth-order valence-electron chi connectivity index (χ4n) is 1.24. The molecule has 8 heteroatoms. The van der Waals surface area contributed by atoms with E-state index in [1.807, 2.05) is 0 Å². The quantitative estimate of drug-likeness (QED) is 0.344. The summed E-state index contributed by atoms with van der Waals surface area (Å²) in [6, 6.07) is 5.12. The molecule has 0 aliphatic carbocycles. The summed E-state index contributed by atoms with van der Waals surface area (Å²) in [5.41, 5.74) is 5.87. The molecule has 17 heavy (non-hydrogen) atoms. The van der Waals surface area contributed by atoms with Crippen LogP contribution >= 0.6 is 0 Å². The first kappa shape index (κ1) is 10.9. The van der Waals surface area contributed by atoms with E-state index in [-0.39, 0.29) is 6.79 Å². The average molecular weight is 236 g/mol. The Labute approximate surface area is 95.5 Å². The van der Waals surface area contributed by atoms with Crippen LogP contribution < -0.4 is 15.2 Å². The summed E-state index contributed by atoms with van der Waals surface area (Å²) in [6.45, 7) is 0.181. The second-order valence-corrected chi connectivity index (χ2v) is 3.07. The number of hydrazone groups is 1. The summed E-state index contributed by atoms with van der Waals surface area (Å²) in [5.74, 6) is 0.820. The van der Waals surface area contributed by atoms with Crippen LogP contribution in [0.1, 0.15) is 5.56 Å². The third kappa shape index (κ3) is 2.68. The van der Waals surface area contributed by atoms with E-state index < -0.39 is 11.0 Å². The number of ether oxygens (including phenoxy) is 2. The Morgan fingerprint density at radius 1 is 1.47 bits per heavy atom. The highest BCUT2D eigenvalue weighted by atomic mass is 16.7. The van der Waals surface area contributed by atoms with Gasteiger partial charge in [0.1, 0.15) is 5.10 Å². The molecule has 0 bridgehead atoms. The van der Waals surface area contributed by atoms with E-state index in [1.165, 1.54) is 6.21 Å². The van der Waals surface area contributed by atoms with Crippen molar-refractivity contribution in [2.45, 2.75) is 0 Å². The van der Waals surface area contributed by atoms with Gasteiger partial charge in [-0.05, 0) is 23.8 Å². The Hall–Kier alpha value is -2.64. The van der Waals surface area contributed by atoms with Crippen LogP contribution in [0.4, 0.5) is 0 Å². The van der Waals surface area contributed by atoms with Crippen molar-refractivity contribution in [3.63, 3.8) is 0 Å². The van der Waals surface area contributed by atoms with Crippen molar-refractivity contribution in [3.8, 4) is 11.5 Å². The van der Waals surface area contributed by atoms with Gasteiger partial charge in [-0.1, -0.05) is 0 Å². The van der Waals surface area contributed by atoms with Crippen molar-refractivity contribution < 1.29 is 14.5 Å². The van der Waals surface area contributed by atoms with Gasteiger partial charge in [-0.3, -0.25) is 0 Å². The number of hydrogen-bond acceptors (Lipinski definition) is 4. The second kappa shape index (κ2) is 4.47. The Balaban J connectivity index is 2.14. The largest absolute Gasteiger partial charge is 0.454 e. The first-order valence-electron chi connectivity index (χ1n) is 4.57. The number of nitro groups is 1. The van der Waals surface area contributed by atoms with E-state index in [0.29, 0.717) is 17.1 Å². The topological polar surface area (TPSA) is 112 Å². The van der Waals surface area contributed by atoms with Gasteiger partial charge in [-0.2, -0.15) is 0 Å². The van der Waals surface area contributed by atoms with Crippen molar-refractivity contribution in [3.05, 3.63) is 33.9 Å². The fraction of sp³-hybridized carbons (Fsp3) is 0.111. The highest BCUT2D eigenvalue weighted by Crippen LogP contribution is 2.31. The molecule has 0 spiro atoms. The van der Waals surface area contributed by atoms with Crippen LogP contribution in [0.5, 0.6) is 11.5 Å². The minimum absolute atomic E-state index is 0.181. The van der Waals surface area contributed by atoms with Crippen LogP contribution in [0.2, 0.25) is 0 Å². The minimum atomic E-state index is -0.910. The molecule has 1 aromatic carbocycles. The predicted octanol–water partition coefficient (Wildman–Crippen LogP) is 0.341. The molecule has 1 aromatic rings. The van der Waals surface area contributed by atoms with Gasteiger partial charge in [0.05, 0.1) is 0 Å². The van der Waals surface area contributed by atoms with Gasteiger partial charge in [0.25, 0.3) is 5.96 Å². The number of nitrogens with zero attached hydrogens (tertiary/aromatic N) is 3. The van der Waals surface area contributed by atoms with Gasteiger partial charge in [0, 0.05) is 6.21 Å². The van der Waals surface area contributed by atoms with Gasteiger partial charge in [-0.15, -0.1) is 0 Å². The number of nitrogens with two attached hydrogens (primary N) is 1. The first-order chi connectivity index (χ1) is 8.15. The lowest BCUT2D eigenvalue weighted by molar-refractivity contribution is -0.485. The van der Waals surface area contributed by atoms with Crippen LogP contribution in [0.25, 0.3) is 0 Å². The highest BCUT2D eigenvalue weighted by molar-refractivity contribution is 5.92. The molecular formula is C9H8N4O4. The number of aliphatic imine (C=N–C) groups is 1. The van der Waals surface area contributed by atoms with Crippen LogP contribution in [0, 0.1) is 10.1 Å². The van der Waals surface area contributed by atoms with Crippen molar-refractivity contribution in [1.82, 2.24) is 0 Å². The Kier molecular flexibility index (Phi) is 2.86. The highest BCUT2D eigenvalue weighted by Gasteiger charge is 2.12. The third-order valence-electron chi connectivity index (χ3n) is 1.93. The fourth-order valence-corrected chi connectivity index (χ4v) is 1.24. The second-order valence-electron chi connectivity index (χ2n) is 3.07. The molecule has 0 radical (unpaired) electrons. The summed E-state index contributed by atoms with van der Waals surface area (Å²) < 4.78 is 10.3. The molecule has 8 nitrogen and oxygen atoms in total. The van der Waals surface area contributed by atoms with Crippen LogP contribution in [0.15, 0.2) is 28.3 Å². The van der Waals surface area contributed by atoms with Crippen molar-refractivity contribution in [1.29, 1.82) is 0 Å². The van der Waals surface area contributed by atoms with Gasteiger partial charge < -0.3 is 15.2 Å². The zero-order chi connectivity index (χ0) is 12.3.